The molecule has 6 nitrogen and oxygen atoms in total. The van der Waals surface area contributed by atoms with Gasteiger partial charge in [-0.15, -0.1) is 10.2 Å². The maximum atomic E-state index is 12.8. The normalized spacial score (nSPS) is 20.5. The molecule has 4 rings (SSSR count). The molecular formula is C17H23N5O. The quantitative estimate of drug-likeness (QED) is 0.848. The molecule has 0 radical (unpaired) electrons. The van der Waals surface area contributed by atoms with Crippen LogP contribution in [0.2, 0.25) is 0 Å². The van der Waals surface area contributed by atoms with E-state index in [0.29, 0.717) is 5.92 Å². The first-order chi connectivity index (χ1) is 11.2. The topological polar surface area (TPSA) is 53.7 Å². The van der Waals surface area contributed by atoms with Crippen molar-refractivity contribution in [2.75, 3.05) is 33.2 Å². The van der Waals surface area contributed by atoms with Gasteiger partial charge in [0, 0.05) is 38.3 Å². The van der Waals surface area contributed by atoms with Gasteiger partial charge in [-0.1, -0.05) is 12.8 Å². The van der Waals surface area contributed by atoms with Crippen LogP contribution in [0, 0.1) is 0 Å². The lowest BCUT2D eigenvalue weighted by molar-refractivity contribution is 0.0663. The highest BCUT2D eigenvalue weighted by Gasteiger charge is 2.24. The number of amides is 1. The van der Waals surface area contributed by atoms with Crippen LogP contribution in [-0.4, -0.2) is 63.5 Å². The number of rotatable bonds is 2. The molecule has 23 heavy (non-hydrogen) atoms. The Bertz CT molecular complexity index is 711. The summed E-state index contributed by atoms with van der Waals surface area (Å²) in [6.45, 7) is 3.47. The van der Waals surface area contributed by atoms with Crippen LogP contribution < -0.4 is 0 Å². The number of piperazine rings is 1. The van der Waals surface area contributed by atoms with Crippen LogP contribution in [0.25, 0.3) is 5.65 Å². The average Bonchev–Trinajstić information content (AvgIpc) is 3.23. The minimum absolute atomic E-state index is 0.117. The standard InChI is InChI=1S/C17H23N5O/c1-20-8-10-21(11-9-20)17(23)14-6-7-15-18-19-16(22(15)12-14)13-4-2-3-5-13/h6-7,12-13H,2-5,8-11H2,1H3. The number of likely N-dealkylation sites (N-methyl/N-ethyl adjacent to an activating group) is 1. The highest BCUT2D eigenvalue weighted by molar-refractivity contribution is 5.94. The van der Waals surface area contributed by atoms with E-state index >= 15 is 0 Å². The second-order valence-corrected chi connectivity index (χ2v) is 6.78. The summed E-state index contributed by atoms with van der Waals surface area (Å²) in [4.78, 5) is 17.0. The molecule has 1 amide bonds. The molecule has 2 aliphatic rings. The molecule has 6 heteroatoms. The Kier molecular flexibility index (Phi) is 3.77. The number of carbonyl (C=O) groups is 1. The fourth-order valence-corrected chi connectivity index (χ4v) is 3.69. The van der Waals surface area contributed by atoms with Crippen molar-refractivity contribution in [1.82, 2.24) is 24.4 Å². The first-order valence-electron chi connectivity index (χ1n) is 8.55. The molecular weight excluding hydrogens is 290 g/mol. The number of pyridine rings is 1. The molecule has 0 bridgehead atoms. The summed E-state index contributed by atoms with van der Waals surface area (Å²) in [5, 5.41) is 8.65. The summed E-state index contributed by atoms with van der Waals surface area (Å²) in [6.07, 6.45) is 6.82. The van der Waals surface area contributed by atoms with Crippen LogP contribution in [0.1, 0.15) is 47.8 Å². The molecule has 0 N–H and O–H groups in total. The van der Waals surface area contributed by atoms with Crippen LogP contribution in [0.15, 0.2) is 18.3 Å². The SMILES string of the molecule is CN1CCN(C(=O)c2ccc3nnc(C4CCCC4)n3c2)CC1. The fraction of sp³-hybridized carbons (Fsp3) is 0.588. The predicted molar refractivity (Wildman–Crippen MR) is 87.6 cm³/mol. The van der Waals surface area contributed by atoms with E-state index in [4.69, 9.17) is 0 Å². The third kappa shape index (κ3) is 2.72. The molecule has 2 fully saturated rings. The van der Waals surface area contributed by atoms with Crippen molar-refractivity contribution in [2.24, 2.45) is 0 Å². The van der Waals surface area contributed by atoms with E-state index < -0.39 is 0 Å². The highest BCUT2D eigenvalue weighted by Crippen LogP contribution is 2.33. The Hall–Kier alpha value is -1.95. The summed E-state index contributed by atoms with van der Waals surface area (Å²) >= 11 is 0. The second-order valence-electron chi connectivity index (χ2n) is 6.78. The number of hydrogen-bond acceptors (Lipinski definition) is 4. The van der Waals surface area contributed by atoms with E-state index in [2.05, 4.69) is 22.1 Å². The number of carbonyl (C=O) groups excluding carboxylic acids is 1. The van der Waals surface area contributed by atoms with Gasteiger partial charge >= 0.3 is 0 Å². The zero-order valence-electron chi connectivity index (χ0n) is 13.6. The molecule has 2 aromatic rings. The summed E-state index contributed by atoms with van der Waals surface area (Å²) in [5.74, 6) is 1.62. The van der Waals surface area contributed by atoms with E-state index in [9.17, 15) is 4.79 Å². The Labute approximate surface area is 136 Å². The van der Waals surface area contributed by atoms with Crippen molar-refractivity contribution in [3.63, 3.8) is 0 Å². The van der Waals surface area contributed by atoms with Crippen molar-refractivity contribution in [3.05, 3.63) is 29.7 Å². The van der Waals surface area contributed by atoms with Gasteiger partial charge in [-0.05, 0) is 32.0 Å². The first kappa shape index (κ1) is 14.6. The van der Waals surface area contributed by atoms with E-state index in [1.807, 2.05) is 27.6 Å². The minimum Gasteiger partial charge on any atom is -0.336 e. The molecule has 1 saturated heterocycles. The van der Waals surface area contributed by atoms with Crippen LogP contribution in [0.3, 0.4) is 0 Å². The van der Waals surface area contributed by atoms with Gasteiger partial charge < -0.3 is 9.80 Å². The summed E-state index contributed by atoms with van der Waals surface area (Å²) < 4.78 is 2.03. The smallest absolute Gasteiger partial charge is 0.255 e. The van der Waals surface area contributed by atoms with E-state index in [1.165, 1.54) is 25.7 Å². The average molecular weight is 313 g/mol. The number of aromatic nitrogens is 3. The van der Waals surface area contributed by atoms with Gasteiger partial charge in [-0.2, -0.15) is 0 Å². The Morgan fingerprint density at radius 2 is 1.83 bits per heavy atom. The summed E-state index contributed by atoms with van der Waals surface area (Å²) in [7, 11) is 2.10. The van der Waals surface area contributed by atoms with Crippen LogP contribution in [0.5, 0.6) is 0 Å². The lowest BCUT2D eigenvalue weighted by Gasteiger charge is -2.32. The summed E-state index contributed by atoms with van der Waals surface area (Å²) in [6, 6.07) is 3.79. The molecule has 1 saturated carbocycles. The van der Waals surface area contributed by atoms with Crippen molar-refractivity contribution < 1.29 is 4.79 Å². The molecule has 1 aliphatic carbocycles. The lowest BCUT2D eigenvalue weighted by Crippen LogP contribution is -2.47. The molecule has 0 unspecified atom stereocenters. The van der Waals surface area contributed by atoms with Gasteiger partial charge in [-0.25, -0.2) is 0 Å². The Morgan fingerprint density at radius 1 is 1.09 bits per heavy atom. The Balaban J connectivity index is 1.62. The summed E-state index contributed by atoms with van der Waals surface area (Å²) in [5.41, 5.74) is 1.57. The van der Waals surface area contributed by atoms with Crippen molar-refractivity contribution >= 4 is 11.6 Å². The first-order valence-corrected chi connectivity index (χ1v) is 8.55. The molecule has 2 aromatic heterocycles. The molecule has 0 atom stereocenters. The van der Waals surface area contributed by atoms with Gasteiger partial charge in [-0.3, -0.25) is 9.20 Å². The molecule has 1 aliphatic heterocycles. The van der Waals surface area contributed by atoms with Gasteiger partial charge in [0.15, 0.2) is 5.65 Å². The van der Waals surface area contributed by atoms with Gasteiger partial charge in [0.2, 0.25) is 0 Å². The number of nitrogens with zero attached hydrogens (tertiary/aromatic N) is 5. The van der Waals surface area contributed by atoms with Crippen molar-refractivity contribution in [3.8, 4) is 0 Å². The Morgan fingerprint density at radius 3 is 2.57 bits per heavy atom. The maximum absolute atomic E-state index is 12.8. The van der Waals surface area contributed by atoms with Gasteiger partial charge in [0.25, 0.3) is 5.91 Å². The zero-order chi connectivity index (χ0) is 15.8. The van der Waals surface area contributed by atoms with Crippen LogP contribution in [-0.2, 0) is 0 Å². The zero-order valence-corrected chi connectivity index (χ0v) is 13.6. The van der Waals surface area contributed by atoms with Crippen LogP contribution in [0.4, 0.5) is 0 Å². The minimum atomic E-state index is 0.117. The van der Waals surface area contributed by atoms with Crippen molar-refractivity contribution in [2.45, 2.75) is 31.6 Å². The van der Waals surface area contributed by atoms with E-state index in [-0.39, 0.29) is 5.91 Å². The molecule has 122 valence electrons. The monoisotopic (exact) mass is 313 g/mol. The molecule has 0 spiro atoms. The van der Waals surface area contributed by atoms with Crippen molar-refractivity contribution in [1.29, 1.82) is 0 Å². The highest BCUT2D eigenvalue weighted by atomic mass is 16.2. The lowest BCUT2D eigenvalue weighted by atomic mass is 10.1. The largest absolute Gasteiger partial charge is 0.336 e. The van der Waals surface area contributed by atoms with E-state index in [1.54, 1.807) is 0 Å². The van der Waals surface area contributed by atoms with Gasteiger partial charge in [0.05, 0.1) is 5.56 Å². The molecule has 0 aromatic carbocycles. The van der Waals surface area contributed by atoms with E-state index in [0.717, 1.165) is 43.2 Å². The van der Waals surface area contributed by atoms with Crippen LogP contribution >= 0.6 is 0 Å². The molecule has 3 heterocycles. The number of fused-ring (bicyclic) bond motifs is 1. The van der Waals surface area contributed by atoms with Gasteiger partial charge in [0.1, 0.15) is 5.82 Å². The third-order valence-electron chi connectivity index (χ3n) is 5.19. The second kappa shape index (κ2) is 5.92. The fourth-order valence-electron chi connectivity index (χ4n) is 3.69. The maximum Gasteiger partial charge on any atom is 0.255 e. The number of hydrogen-bond donors (Lipinski definition) is 0. The third-order valence-corrected chi connectivity index (χ3v) is 5.19. The predicted octanol–water partition coefficient (Wildman–Crippen LogP) is 1.77.